The number of Topliss-reactive ketones (excluding diaryl/α,β-unsaturated/α-hetero) is 1. The van der Waals surface area contributed by atoms with Crippen molar-refractivity contribution in [1.82, 2.24) is 0 Å². The molecule has 1 saturated carbocycles. The van der Waals surface area contributed by atoms with E-state index < -0.39 is 9.84 Å². The highest BCUT2D eigenvalue weighted by Crippen LogP contribution is 2.48. The third-order valence-corrected chi connectivity index (χ3v) is 5.64. The first-order valence-electron chi connectivity index (χ1n) is 5.40. The van der Waals surface area contributed by atoms with Gasteiger partial charge in [0.05, 0.1) is 11.5 Å². The maximum Gasteiger partial charge on any atom is 0.150 e. The van der Waals surface area contributed by atoms with Crippen LogP contribution in [0.1, 0.15) is 25.7 Å². The summed E-state index contributed by atoms with van der Waals surface area (Å²) in [5, 5.41) is 0. The summed E-state index contributed by atoms with van der Waals surface area (Å²) in [5.41, 5.74) is 5.67. The molecule has 0 aromatic rings. The lowest BCUT2D eigenvalue weighted by Gasteiger charge is -2.47. The van der Waals surface area contributed by atoms with Crippen molar-refractivity contribution in [3.8, 4) is 0 Å². The van der Waals surface area contributed by atoms with E-state index in [9.17, 15) is 13.2 Å². The molecule has 0 aromatic heterocycles. The fourth-order valence-corrected chi connectivity index (χ4v) is 4.33. The highest BCUT2D eigenvalue weighted by molar-refractivity contribution is 7.91. The van der Waals surface area contributed by atoms with E-state index in [0.29, 0.717) is 38.1 Å². The maximum atomic E-state index is 11.3. The second kappa shape index (κ2) is 3.56. The van der Waals surface area contributed by atoms with Gasteiger partial charge < -0.3 is 5.73 Å². The molecule has 2 N–H and O–H groups in total. The van der Waals surface area contributed by atoms with Gasteiger partial charge in [0, 0.05) is 12.8 Å². The predicted octanol–water partition coefficient (Wildman–Crippen LogP) is 0.119. The molecule has 15 heavy (non-hydrogen) atoms. The molecule has 1 aliphatic carbocycles. The second-order valence-corrected chi connectivity index (χ2v) is 7.19. The van der Waals surface area contributed by atoms with Crippen LogP contribution in [-0.4, -0.2) is 32.3 Å². The van der Waals surface area contributed by atoms with E-state index in [4.69, 9.17) is 5.73 Å². The quantitative estimate of drug-likeness (QED) is 0.732. The summed E-state index contributed by atoms with van der Waals surface area (Å²) in [6, 6.07) is 0. The molecule has 86 valence electrons. The number of nitrogens with two attached hydrogens (primary N) is 1. The zero-order chi connectivity index (χ0) is 11.1. The van der Waals surface area contributed by atoms with E-state index in [2.05, 4.69) is 0 Å². The van der Waals surface area contributed by atoms with Crippen LogP contribution in [0.3, 0.4) is 0 Å². The number of hydrogen-bond acceptors (Lipinski definition) is 4. The molecule has 0 amide bonds. The molecule has 2 rings (SSSR count). The molecule has 4 nitrogen and oxygen atoms in total. The van der Waals surface area contributed by atoms with Crippen molar-refractivity contribution in [2.24, 2.45) is 17.1 Å². The summed E-state index contributed by atoms with van der Waals surface area (Å²) >= 11 is 0. The zero-order valence-electron chi connectivity index (χ0n) is 8.74. The summed E-state index contributed by atoms with van der Waals surface area (Å²) in [4.78, 5) is 11.1. The fourth-order valence-electron chi connectivity index (χ4n) is 2.84. The number of carbonyl (C=O) groups is 1. The van der Waals surface area contributed by atoms with E-state index in [0.717, 1.165) is 0 Å². The molecular weight excluding hydrogens is 214 g/mol. The molecule has 5 heteroatoms. The molecule has 0 radical (unpaired) electrons. The lowest BCUT2D eigenvalue weighted by molar-refractivity contribution is -0.135. The third kappa shape index (κ3) is 1.95. The van der Waals surface area contributed by atoms with E-state index in [1.165, 1.54) is 0 Å². The topological polar surface area (TPSA) is 77.2 Å². The summed E-state index contributed by atoms with van der Waals surface area (Å²) < 4.78 is 22.6. The van der Waals surface area contributed by atoms with Gasteiger partial charge in [-0.25, -0.2) is 8.42 Å². The minimum absolute atomic E-state index is 0.0625. The van der Waals surface area contributed by atoms with Crippen LogP contribution in [-0.2, 0) is 14.6 Å². The molecule has 1 aliphatic heterocycles. The first-order chi connectivity index (χ1) is 6.97. The van der Waals surface area contributed by atoms with Gasteiger partial charge in [-0.2, -0.15) is 0 Å². The van der Waals surface area contributed by atoms with Gasteiger partial charge in [0.1, 0.15) is 15.6 Å². The van der Waals surface area contributed by atoms with Crippen molar-refractivity contribution in [3.05, 3.63) is 0 Å². The lowest BCUT2D eigenvalue weighted by atomic mass is 9.59. The van der Waals surface area contributed by atoms with Crippen LogP contribution in [0, 0.1) is 11.3 Å². The molecular formula is C10H17NO3S. The molecule has 0 bridgehead atoms. The van der Waals surface area contributed by atoms with Crippen LogP contribution in [0.2, 0.25) is 0 Å². The molecule has 1 heterocycles. The van der Waals surface area contributed by atoms with Crippen molar-refractivity contribution in [2.45, 2.75) is 25.7 Å². The Morgan fingerprint density at radius 2 is 1.80 bits per heavy atom. The summed E-state index contributed by atoms with van der Waals surface area (Å²) in [6.07, 6.45) is 2.50. The molecule has 0 unspecified atom stereocenters. The standard InChI is InChI=1S/C10H17NO3S/c11-7-10(5-9(12)6-10)8-1-3-15(13,14)4-2-8/h8H,1-7,11H2. The summed E-state index contributed by atoms with van der Waals surface area (Å²) in [5.74, 6) is 1.15. The molecule has 0 aromatic carbocycles. The Morgan fingerprint density at radius 3 is 2.20 bits per heavy atom. The molecule has 0 atom stereocenters. The monoisotopic (exact) mass is 231 g/mol. The van der Waals surface area contributed by atoms with Gasteiger partial charge >= 0.3 is 0 Å². The molecule has 0 spiro atoms. The van der Waals surface area contributed by atoms with E-state index >= 15 is 0 Å². The van der Waals surface area contributed by atoms with E-state index in [1.807, 2.05) is 0 Å². The Hall–Kier alpha value is -0.420. The van der Waals surface area contributed by atoms with Crippen LogP contribution in [0.5, 0.6) is 0 Å². The normalized spacial score (nSPS) is 29.8. The van der Waals surface area contributed by atoms with Crippen molar-refractivity contribution >= 4 is 15.6 Å². The maximum absolute atomic E-state index is 11.3. The number of carbonyl (C=O) groups excluding carboxylic acids is 1. The number of rotatable bonds is 2. The van der Waals surface area contributed by atoms with Gasteiger partial charge in [0.25, 0.3) is 0 Å². The van der Waals surface area contributed by atoms with Gasteiger partial charge in [0.15, 0.2) is 0 Å². The van der Waals surface area contributed by atoms with Crippen LogP contribution >= 0.6 is 0 Å². The highest BCUT2D eigenvalue weighted by Gasteiger charge is 2.49. The summed E-state index contributed by atoms with van der Waals surface area (Å²) in [7, 11) is -2.81. The zero-order valence-corrected chi connectivity index (χ0v) is 9.55. The second-order valence-electron chi connectivity index (χ2n) is 4.88. The number of hydrogen-bond donors (Lipinski definition) is 1. The Morgan fingerprint density at radius 1 is 1.27 bits per heavy atom. The van der Waals surface area contributed by atoms with Crippen LogP contribution < -0.4 is 5.73 Å². The van der Waals surface area contributed by atoms with Gasteiger partial charge in [-0.15, -0.1) is 0 Å². The van der Waals surface area contributed by atoms with Crippen molar-refractivity contribution in [1.29, 1.82) is 0 Å². The SMILES string of the molecule is NCC1(C2CCS(=O)(=O)CC2)CC(=O)C1. The minimum Gasteiger partial charge on any atom is -0.330 e. The summed E-state index contributed by atoms with van der Waals surface area (Å²) in [6.45, 7) is 0.517. The number of ketones is 1. The van der Waals surface area contributed by atoms with Crippen molar-refractivity contribution in [3.63, 3.8) is 0 Å². The first-order valence-corrected chi connectivity index (χ1v) is 7.22. The first kappa shape index (κ1) is 11.1. The Bertz CT molecular complexity index is 352. The minimum atomic E-state index is -2.81. The van der Waals surface area contributed by atoms with Crippen molar-refractivity contribution < 1.29 is 13.2 Å². The van der Waals surface area contributed by atoms with Gasteiger partial charge in [-0.05, 0) is 30.7 Å². The van der Waals surface area contributed by atoms with Gasteiger partial charge in [-0.1, -0.05) is 0 Å². The Kier molecular flexibility index (Phi) is 2.63. The predicted molar refractivity (Wildman–Crippen MR) is 57.1 cm³/mol. The Labute approximate surface area is 90.1 Å². The molecule has 2 aliphatic rings. The third-order valence-electron chi connectivity index (χ3n) is 3.93. The van der Waals surface area contributed by atoms with Crippen LogP contribution in [0.25, 0.3) is 0 Å². The average molecular weight is 231 g/mol. The van der Waals surface area contributed by atoms with E-state index in [1.54, 1.807) is 0 Å². The van der Waals surface area contributed by atoms with Crippen LogP contribution in [0.15, 0.2) is 0 Å². The van der Waals surface area contributed by atoms with E-state index in [-0.39, 0.29) is 22.7 Å². The van der Waals surface area contributed by atoms with Crippen LogP contribution in [0.4, 0.5) is 0 Å². The highest BCUT2D eigenvalue weighted by atomic mass is 32.2. The largest absolute Gasteiger partial charge is 0.330 e. The van der Waals surface area contributed by atoms with Gasteiger partial charge in [0.2, 0.25) is 0 Å². The smallest absolute Gasteiger partial charge is 0.150 e. The number of sulfone groups is 1. The average Bonchev–Trinajstić information content (AvgIpc) is 2.13. The van der Waals surface area contributed by atoms with Crippen molar-refractivity contribution in [2.75, 3.05) is 18.1 Å². The lowest BCUT2D eigenvalue weighted by Crippen LogP contribution is -2.51. The molecule has 1 saturated heterocycles. The molecule has 2 fully saturated rings. The van der Waals surface area contributed by atoms with Gasteiger partial charge in [-0.3, -0.25) is 4.79 Å². The Balaban J connectivity index is 2.03. The fraction of sp³-hybridized carbons (Fsp3) is 0.900.